The van der Waals surface area contributed by atoms with Gasteiger partial charge in [-0.3, -0.25) is 24.1 Å². The van der Waals surface area contributed by atoms with Crippen molar-refractivity contribution in [1.29, 1.82) is 0 Å². The van der Waals surface area contributed by atoms with E-state index < -0.39 is 30.2 Å². The molecule has 1 aliphatic rings. The average Bonchev–Trinajstić information content (AvgIpc) is 2.84. The van der Waals surface area contributed by atoms with Crippen LogP contribution in [0, 0.1) is 5.92 Å². The molecule has 0 aliphatic carbocycles. The summed E-state index contributed by atoms with van der Waals surface area (Å²) in [5.74, 6) is -2.67. The zero-order valence-electron chi connectivity index (χ0n) is 15.7. The second-order valence-electron chi connectivity index (χ2n) is 6.63. The molecule has 1 aliphatic heterocycles. The minimum Gasteiger partial charge on any atom is -0.326 e. The molecule has 1 saturated heterocycles. The lowest BCUT2D eigenvalue weighted by Gasteiger charge is -2.14. The molecule has 1 N–H and O–H groups in total. The number of carbonyl (C=O) groups excluding carboxylic acids is 5. The van der Waals surface area contributed by atoms with E-state index in [1.165, 1.54) is 12.1 Å². The van der Waals surface area contributed by atoms with E-state index in [0.717, 1.165) is 11.3 Å². The molecule has 1 aromatic carbocycles. The molecule has 8 nitrogen and oxygen atoms in total. The summed E-state index contributed by atoms with van der Waals surface area (Å²) in [4.78, 5) is 61.8. The predicted octanol–water partition coefficient (Wildman–Crippen LogP) is 2.05. The number of amides is 5. The maximum absolute atomic E-state index is 12.4. The maximum atomic E-state index is 12.4. The van der Waals surface area contributed by atoms with Crippen LogP contribution in [0.1, 0.15) is 44.0 Å². The van der Waals surface area contributed by atoms with Crippen molar-refractivity contribution in [2.24, 2.45) is 5.92 Å². The molecule has 27 heavy (non-hydrogen) atoms. The number of carbonyl (C=O) groups is 5. The van der Waals surface area contributed by atoms with Gasteiger partial charge >= 0.3 is 17.8 Å². The van der Waals surface area contributed by atoms with E-state index in [1.807, 2.05) is 6.92 Å². The molecule has 8 heteroatoms. The van der Waals surface area contributed by atoms with Crippen LogP contribution in [0.2, 0.25) is 0 Å². The number of hydrogen-bond acceptors (Lipinski definition) is 5. The van der Waals surface area contributed by atoms with Crippen molar-refractivity contribution in [2.75, 3.05) is 18.4 Å². The van der Waals surface area contributed by atoms with Crippen molar-refractivity contribution in [1.82, 2.24) is 9.80 Å². The lowest BCUT2D eigenvalue weighted by molar-refractivity contribution is -0.143. The van der Waals surface area contributed by atoms with Crippen LogP contribution in [-0.4, -0.2) is 52.4 Å². The standard InChI is InChI=1S/C19H23N3O5/c1-4-5-10-21-17(25)18(26)22(19(21)27)11-15(23)13-6-8-14(9-7-13)20-16(24)12(2)3/h6-9,12H,4-5,10-11H2,1-3H3,(H,20,24). The van der Waals surface area contributed by atoms with Gasteiger partial charge < -0.3 is 5.32 Å². The van der Waals surface area contributed by atoms with Crippen molar-refractivity contribution in [3.63, 3.8) is 0 Å². The van der Waals surface area contributed by atoms with Crippen molar-refractivity contribution in [3.05, 3.63) is 29.8 Å². The van der Waals surface area contributed by atoms with E-state index in [0.29, 0.717) is 17.0 Å². The summed E-state index contributed by atoms with van der Waals surface area (Å²) in [5.41, 5.74) is 0.817. The predicted molar refractivity (Wildman–Crippen MR) is 98.0 cm³/mol. The first-order valence-electron chi connectivity index (χ1n) is 8.87. The molecule has 0 radical (unpaired) electrons. The molecular weight excluding hydrogens is 350 g/mol. The van der Waals surface area contributed by atoms with Gasteiger partial charge in [-0.25, -0.2) is 9.69 Å². The summed E-state index contributed by atoms with van der Waals surface area (Å²) in [6, 6.07) is 5.38. The SMILES string of the molecule is CCCCN1C(=O)C(=O)N(CC(=O)c2ccc(NC(=O)C(C)C)cc2)C1=O. The van der Waals surface area contributed by atoms with E-state index in [-0.39, 0.29) is 23.9 Å². The summed E-state index contributed by atoms with van der Waals surface area (Å²) in [6.07, 6.45) is 1.36. The van der Waals surface area contributed by atoms with Crippen molar-refractivity contribution in [3.8, 4) is 0 Å². The van der Waals surface area contributed by atoms with Crippen LogP contribution < -0.4 is 5.32 Å². The third-order valence-corrected chi connectivity index (χ3v) is 4.17. The topological polar surface area (TPSA) is 104 Å². The van der Waals surface area contributed by atoms with Crippen LogP contribution in [0.5, 0.6) is 0 Å². The lowest BCUT2D eigenvalue weighted by atomic mass is 10.1. The summed E-state index contributed by atoms with van der Waals surface area (Å²) >= 11 is 0. The van der Waals surface area contributed by atoms with Crippen LogP contribution in [-0.2, 0) is 14.4 Å². The van der Waals surface area contributed by atoms with Gasteiger partial charge in [-0.05, 0) is 30.7 Å². The van der Waals surface area contributed by atoms with Crippen LogP contribution in [0.4, 0.5) is 10.5 Å². The zero-order chi connectivity index (χ0) is 20.1. The first-order chi connectivity index (χ1) is 12.8. The van der Waals surface area contributed by atoms with Gasteiger partial charge in [0, 0.05) is 23.7 Å². The third-order valence-electron chi connectivity index (χ3n) is 4.17. The molecule has 0 bridgehead atoms. The van der Waals surface area contributed by atoms with E-state index in [4.69, 9.17) is 0 Å². The molecule has 0 aromatic heterocycles. The second kappa shape index (κ2) is 8.57. The minimum absolute atomic E-state index is 0.145. The van der Waals surface area contributed by atoms with E-state index in [9.17, 15) is 24.0 Å². The summed E-state index contributed by atoms with van der Waals surface area (Å²) in [7, 11) is 0. The van der Waals surface area contributed by atoms with E-state index in [2.05, 4.69) is 5.32 Å². The normalized spacial score (nSPS) is 14.3. The fraction of sp³-hybridized carbons (Fsp3) is 0.421. The Balaban J connectivity index is 2.04. The Morgan fingerprint density at radius 1 is 1.00 bits per heavy atom. The van der Waals surface area contributed by atoms with Crippen LogP contribution in [0.3, 0.4) is 0 Å². The number of ketones is 1. The second-order valence-corrected chi connectivity index (χ2v) is 6.63. The summed E-state index contributed by atoms with van der Waals surface area (Å²) in [6.45, 7) is 5.10. The molecule has 2 rings (SSSR count). The molecule has 0 unspecified atom stereocenters. The van der Waals surface area contributed by atoms with Gasteiger partial charge in [-0.1, -0.05) is 27.2 Å². The lowest BCUT2D eigenvalue weighted by Crippen LogP contribution is -2.37. The van der Waals surface area contributed by atoms with Gasteiger partial charge in [0.05, 0.1) is 6.54 Å². The average molecular weight is 373 g/mol. The Morgan fingerprint density at radius 2 is 1.59 bits per heavy atom. The largest absolute Gasteiger partial charge is 0.334 e. The van der Waals surface area contributed by atoms with Gasteiger partial charge in [0.25, 0.3) is 0 Å². The number of Topliss-reactive ketones (excluding diaryl/α,β-unsaturated/α-hetero) is 1. The molecular formula is C19H23N3O5. The molecule has 1 fully saturated rings. The Kier molecular flexibility index (Phi) is 6.44. The fourth-order valence-corrected chi connectivity index (χ4v) is 2.46. The molecule has 1 aromatic rings. The highest BCUT2D eigenvalue weighted by Gasteiger charge is 2.44. The monoisotopic (exact) mass is 373 g/mol. The van der Waals surface area contributed by atoms with Crippen molar-refractivity contribution >= 4 is 35.2 Å². The van der Waals surface area contributed by atoms with Gasteiger partial charge in [0.2, 0.25) is 5.91 Å². The number of nitrogens with one attached hydrogen (secondary N) is 1. The van der Waals surface area contributed by atoms with Crippen molar-refractivity contribution in [2.45, 2.75) is 33.6 Å². The Hall–Kier alpha value is -3.03. The molecule has 0 saturated carbocycles. The molecule has 0 spiro atoms. The number of nitrogens with zero attached hydrogens (tertiary/aromatic N) is 2. The Morgan fingerprint density at radius 3 is 2.15 bits per heavy atom. The molecule has 1 heterocycles. The van der Waals surface area contributed by atoms with Crippen molar-refractivity contribution < 1.29 is 24.0 Å². The highest BCUT2D eigenvalue weighted by molar-refractivity contribution is 6.45. The molecule has 144 valence electrons. The van der Waals surface area contributed by atoms with Crippen LogP contribution in [0.15, 0.2) is 24.3 Å². The van der Waals surface area contributed by atoms with Gasteiger partial charge in [-0.2, -0.15) is 0 Å². The van der Waals surface area contributed by atoms with Gasteiger partial charge in [0.15, 0.2) is 5.78 Å². The highest BCUT2D eigenvalue weighted by Crippen LogP contribution is 2.16. The Bertz CT molecular complexity index is 770. The quantitative estimate of drug-likeness (QED) is 0.427. The summed E-state index contributed by atoms with van der Waals surface area (Å²) < 4.78 is 0. The number of benzene rings is 1. The van der Waals surface area contributed by atoms with Crippen LogP contribution in [0.25, 0.3) is 0 Å². The molecule has 5 amide bonds. The number of imide groups is 2. The van der Waals surface area contributed by atoms with E-state index in [1.54, 1.807) is 26.0 Å². The number of unbranched alkanes of at least 4 members (excludes halogenated alkanes) is 1. The van der Waals surface area contributed by atoms with Gasteiger partial charge in [0.1, 0.15) is 0 Å². The minimum atomic E-state index is -0.981. The highest BCUT2D eigenvalue weighted by atomic mass is 16.2. The number of anilines is 1. The fourth-order valence-electron chi connectivity index (χ4n) is 2.46. The zero-order valence-corrected chi connectivity index (χ0v) is 15.7. The maximum Gasteiger partial charge on any atom is 0.334 e. The first-order valence-corrected chi connectivity index (χ1v) is 8.87. The smallest absolute Gasteiger partial charge is 0.326 e. The number of urea groups is 1. The Labute approximate surface area is 157 Å². The van der Waals surface area contributed by atoms with Crippen LogP contribution >= 0.6 is 0 Å². The van der Waals surface area contributed by atoms with Gasteiger partial charge in [-0.15, -0.1) is 0 Å². The third kappa shape index (κ3) is 4.58. The molecule has 0 atom stereocenters. The van der Waals surface area contributed by atoms with E-state index >= 15 is 0 Å². The first kappa shape index (κ1) is 20.3. The number of hydrogen-bond donors (Lipinski definition) is 1. The summed E-state index contributed by atoms with van der Waals surface area (Å²) in [5, 5.41) is 2.71. The number of rotatable bonds is 8.